The predicted molar refractivity (Wildman–Crippen MR) is 69.7 cm³/mol. The maximum atomic E-state index is 9.54. The third-order valence-corrected chi connectivity index (χ3v) is 3.78. The number of hydrogen-bond acceptors (Lipinski definition) is 2. The van der Waals surface area contributed by atoms with Crippen LogP contribution in [-0.2, 0) is 0 Å². The van der Waals surface area contributed by atoms with E-state index in [-0.39, 0.29) is 6.10 Å². The summed E-state index contributed by atoms with van der Waals surface area (Å²) in [6.07, 6.45) is 9.64. The quantitative estimate of drug-likeness (QED) is 0.722. The van der Waals surface area contributed by atoms with E-state index in [2.05, 4.69) is 18.7 Å². The average molecular weight is 227 g/mol. The number of rotatable bonds is 7. The topological polar surface area (TPSA) is 23.5 Å². The Morgan fingerprint density at radius 2 is 1.44 bits per heavy atom. The molecule has 1 aliphatic carbocycles. The lowest BCUT2D eigenvalue weighted by molar-refractivity contribution is 0.0723. The third kappa shape index (κ3) is 4.84. The van der Waals surface area contributed by atoms with Crippen LogP contribution in [0.25, 0.3) is 0 Å². The molecule has 1 rings (SSSR count). The van der Waals surface area contributed by atoms with Crippen molar-refractivity contribution in [1.82, 2.24) is 4.90 Å². The first-order chi connectivity index (χ1) is 7.77. The highest BCUT2D eigenvalue weighted by Gasteiger charge is 2.23. The van der Waals surface area contributed by atoms with Crippen molar-refractivity contribution < 1.29 is 5.11 Å². The van der Waals surface area contributed by atoms with Gasteiger partial charge in [0.05, 0.1) is 6.10 Å². The zero-order valence-electron chi connectivity index (χ0n) is 11.1. The van der Waals surface area contributed by atoms with E-state index in [1.54, 1.807) is 0 Å². The smallest absolute Gasteiger partial charge is 0.0541 e. The number of aliphatic hydroxyl groups is 1. The van der Waals surface area contributed by atoms with E-state index in [4.69, 9.17) is 0 Å². The molecule has 0 spiro atoms. The van der Waals surface area contributed by atoms with E-state index in [0.29, 0.717) is 0 Å². The lowest BCUT2D eigenvalue weighted by Gasteiger charge is -2.35. The summed E-state index contributed by atoms with van der Waals surface area (Å²) in [7, 11) is 0. The lowest BCUT2D eigenvalue weighted by atomic mass is 9.91. The number of nitrogens with zero attached hydrogens (tertiary/aromatic N) is 1. The first kappa shape index (κ1) is 14.0. The Morgan fingerprint density at radius 1 is 0.938 bits per heavy atom. The summed E-state index contributed by atoms with van der Waals surface area (Å²) in [5, 5.41) is 9.54. The van der Waals surface area contributed by atoms with Crippen LogP contribution in [0.4, 0.5) is 0 Å². The summed E-state index contributed by atoms with van der Waals surface area (Å²) < 4.78 is 0. The van der Waals surface area contributed by atoms with Gasteiger partial charge in [0.25, 0.3) is 0 Å². The fraction of sp³-hybridized carbons (Fsp3) is 1.00. The Hall–Kier alpha value is -0.0800. The molecule has 0 amide bonds. The summed E-state index contributed by atoms with van der Waals surface area (Å²) >= 11 is 0. The number of unbranched alkanes of at least 4 members (excludes halogenated alkanes) is 2. The molecule has 0 radical (unpaired) electrons. The standard InChI is InChI=1S/C14H29NO/c1-3-5-11-15(12-6-4-2)13-7-9-14(16)10-8-13/h13-14,16H,3-12H2,1-2H3. The van der Waals surface area contributed by atoms with Gasteiger partial charge in [-0.1, -0.05) is 26.7 Å². The third-order valence-electron chi connectivity index (χ3n) is 3.78. The monoisotopic (exact) mass is 227 g/mol. The first-order valence-electron chi connectivity index (χ1n) is 7.20. The van der Waals surface area contributed by atoms with E-state index in [1.165, 1.54) is 51.6 Å². The van der Waals surface area contributed by atoms with Crippen LogP contribution in [0.1, 0.15) is 65.2 Å². The van der Waals surface area contributed by atoms with Gasteiger partial charge in [-0.2, -0.15) is 0 Å². The molecule has 0 bridgehead atoms. The molecule has 1 saturated carbocycles. The normalized spacial score (nSPS) is 26.2. The van der Waals surface area contributed by atoms with Crippen LogP contribution in [0.5, 0.6) is 0 Å². The number of hydrogen-bond donors (Lipinski definition) is 1. The molecule has 0 atom stereocenters. The fourth-order valence-electron chi connectivity index (χ4n) is 2.62. The Bertz CT molecular complexity index is 156. The minimum Gasteiger partial charge on any atom is -0.393 e. The van der Waals surface area contributed by atoms with Gasteiger partial charge in [0.1, 0.15) is 0 Å². The summed E-state index contributed by atoms with van der Waals surface area (Å²) in [4.78, 5) is 2.68. The predicted octanol–water partition coefficient (Wildman–Crippen LogP) is 3.19. The van der Waals surface area contributed by atoms with Gasteiger partial charge in [-0.15, -0.1) is 0 Å². The van der Waals surface area contributed by atoms with Crippen molar-refractivity contribution in [3.05, 3.63) is 0 Å². The highest BCUT2D eigenvalue weighted by molar-refractivity contribution is 4.79. The van der Waals surface area contributed by atoms with Gasteiger partial charge in [-0.25, -0.2) is 0 Å². The molecule has 1 N–H and O–H groups in total. The van der Waals surface area contributed by atoms with Crippen LogP contribution in [0.2, 0.25) is 0 Å². The van der Waals surface area contributed by atoms with Crippen LogP contribution in [0.15, 0.2) is 0 Å². The zero-order chi connectivity index (χ0) is 11.8. The second kappa shape index (κ2) is 8.08. The Balaban J connectivity index is 2.34. The van der Waals surface area contributed by atoms with Gasteiger partial charge in [0, 0.05) is 6.04 Å². The highest BCUT2D eigenvalue weighted by Crippen LogP contribution is 2.23. The first-order valence-corrected chi connectivity index (χ1v) is 7.20. The van der Waals surface area contributed by atoms with E-state index < -0.39 is 0 Å². The van der Waals surface area contributed by atoms with Crippen molar-refractivity contribution in [2.24, 2.45) is 0 Å². The zero-order valence-corrected chi connectivity index (χ0v) is 11.1. The molecule has 0 aliphatic heterocycles. The minimum absolute atomic E-state index is 0.0181. The van der Waals surface area contributed by atoms with Gasteiger partial charge in [-0.05, 0) is 51.6 Å². The van der Waals surface area contributed by atoms with Gasteiger partial charge in [0.15, 0.2) is 0 Å². The van der Waals surface area contributed by atoms with Crippen molar-refractivity contribution >= 4 is 0 Å². The van der Waals surface area contributed by atoms with Gasteiger partial charge >= 0.3 is 0 Å². The maximum Gasteiger partial charge on any atom is 0.0541 e. The molecule has 0 aromatic carbocycles. The molecular formula is C14H29NO. The van der Waals surface area contributed by atoms with Crippen LogP contribution in [-0.4, -0.2) is 35.2 Å². The SMILES string of the molecule is CCCCN(CCCC)C1CCC(O)CC1. The molecule has 0 unspecified atom stereocenters. The van der Waals surface area contributed by atoms with Crippen molar-refractivity contribution in [3.63, 3.8) is 0 Å². The van der Waals surface area contributed by atoms with E-state index >= 15 is 0 Å². The fourth-order valence-corrected chi connectivity index (χ4v) is 2.62. The summed E-state index contributed by atoms with van der Waals surface area (Å²) in [5.74, 6) is 0. The Kier molecular flexibility index (Phi) is 7.06. The second-order valence-corrected chi connectivity index (χ2v) is 5.21. The molecule has 96 valence electrons. The Labute approximate surface area is 101 Å². The molecule has 0 aromatic heterocycles. The molecule has 16 heavy (non-hydrogen) atoms. The van der Waals surface area contributed by atoms with E-state index in [1.807, 2.05) is 0 Å². The van der Waals surface area contributed by atoms with Gasteiger partial charge in [-0.3, -0.25) is 0 Å². The van der Waals surface area contributed by atoms with Crippen LogP contribution >= 0.6 is 0 Å². The van der Waals surface area contributed by atoms with Crippen LogP contribution in [0.3, 0.4) is 0 Å². The highest BCUT2D eigenvalue weighted by atomic mass is 16.3. The molecule has 1 aliphatic rings. The second-order valence-electron chi connectivity index (χ2n) is 5.21. The molecule has 2 heteroatoms. The van der Waals surface area contributed by atoms with Crippen molar-refractivity contribution in [2.75, 3.05) is 13.1 Å². The van der Waals surface area contributed by atoms with Crippen LogP contribution in [0, 0.1) is 0 Å². The summed E-state index contributed by atoms with van der Waals surface area (Å²) in [6, 6.07) is 0.751. The molecular weight excluding hydrogens is 198 g/mol. The van der Waals surface area contributed by atoms with E-state index in [0.717, 1.165) is 18.9 Å². The summed E-state index contributed by atoms with van der Waals surface area (Å²) in [5.41, 5.74) is 0. The molecule has 0 saturated heterocycles. The minimum atomic E-state index is -0.0181. The van der Waals surface area contributed by atoms with E-state index in [9.17, 15) is 5.11 Å². The van der Waals surface area contributed by atoms with Crippen molar-refractivity contribution in [3.8, 4) is 0 Å². The Morgan fingerprint density at radius 3 is 1.88 bits per heavy atom. The number of aliphatic hydroxyl groups excluding tert-OH is 1. The molecule has 1 fully saturated rings. The molecule has 2 nitrogen and oxygen atoms in total. The van der Waals surface area contributed by atoms with Crippen molar-refractivity contribution in [1.29, 1.82) is 0 Å². The van der Waals surface area contributed by atoms with Crippen molar-refractivity contribution in [2.45, 2.75) is 77.4 Å². The molecule has 0 aromatic rings. The van der Waals surface area contributed by atoms with Crippen LogP contribution < -0.4 is 0 Å². The largest absolute Gasteiger partial charge is 0.393 e. The summed E-state index contributed by atoms with van der Waals surface area (Å²) in [6.45, 7) is 7.06. The average Bonchev–Trinajstić information content (AvgIpc) is 2.31. The molecule has 0 heterocycles. The van der Waals surface area contributed by atoms with Gasteiger partial charge in [0.2, 0.25) is 0 Å². The van der Waals surface area contributed by atoms with Gasteiger partial charge < -0.3 is 10.0 Å². The lowest BCUT2D eigenvalue weighted by Crippen LogP contribution is -2.40. The maximum absolute atomic E-state index is 9.54.